The number of carbonyl (C=O) groups is 1. The Bertz CT molecular complexity index is 1150. The Hall–Kier alpha value is -3.23. The zero-order chi connectivity index (χ0) is 21.5. The summed E-state index contributed by atoms with van der Waals surface area (Å²) in [4.78, 5) is 12.3. The number of hydrogen-bond acceptors (Lipinski definition) is 6. The van der Waals surface area contributed by atoms with E-state index in [1.807, 2.05) is 54.6 Å². The number of halogens is 1. The van der Waals surface area contributed by atoms with Crippen LogP contribution in [0.4, 0.5) is 9.52 Å². The molecule has 0 saturated heterocycles. The van der Waals surface area contributed by atoms with Gasteiger partial charge in [0.1, 0.15) is 11.6 Å². The molecule has 156 valence electrons. The molecule has 0 bridgehead atoms. The van der Waals surface area contributed by atoms with Gasteiger partial charge in [-0.25, -0.2) is 4.39 Å². The molecule has 0 unspecified atom stereocenters. The minimum absolute atomic E-state index is 0.137. The summed E-state index contributed by atoms with van der Waals surface area (Å²) in [7, 11) is 0. The highest BCUT2D eigenvalue weighted by Gasteiger charge is 2.11. The number of amides is 1. The topological polar surface area (TPSA) is 64.1 Å². The number of benzene rings is 3. The van der Waals surface area contributed by atoms with E-state index in [-0.39, 0.29) is 18.3 Å². The van der Waals surface area contributed by atoms with Crippen molar-refractivity contribution in [1.29, 1.82) is 0 Å². The zero-order valence-electron chi connectivity index (χ0n) is 16.3. The van der Waals surface area contributed by atoms with Crippen molar-refractivity contribution in [1.82, 2.24) is 10.2 Å². The summed E-state index contributed by atoms with van der Waals surface area (Å²) in [5.41, 5.74) is 2.93. The number of anilines is 1. The molecule has 0 aliphatic carbocycles. The van der Waals surface area contributed by atoms with Crippen LogP contribution in [0.3, 0.4) is 0 Å². The lowest BCUT2D eigenvalue weighted by Gasteiger charge is -2.11. The number of nitrogens with one attached hydrogen (secondary N) is 1. The highest BCUT2D eigenvalue weighted by Crippen LogP contribution is 2.30. The molecular weight excluding hydrogens is 433 g/mol. The first kappa shape index (κ1) is 21.0. The maximum absolute atomic E-state index is 13.0. The van der Waals surface area contributed by atoms with Crippen LogP contribution in [-0.4, -0.2) is 22.7 Å². The minimum Gasteiger partial charge on any atom is -0.483 e. The Kier molecular flexibility index (Phi) is 6.91. The van der Waals surface area contributed by atoms with Crippen LogP contribution in [0.1, 0.15) is 5.56 Å². The second-order valence-corrected chi connectivity index (χ2v) is 8.69. The zero-order valence-corrected chi connectivity index (χ0v) is 18.0. The molecule has 0 aliphatic rings. The van der Waals surface area contributed by atoms with Crippen LogP contribution in [0.15, 0.2) is 83.2 Å². The first-order valence-electron chi connectivity index (χ1n) is 9.45. The van der Waals surface area contributed by atoms with E-state index < -0.39 is 0 Å². The monoisotopic (exact) mass is 451 g/mol. The number of hydrogen-bond donors (Lipinski definition) is 1. The quantitative estimate of drug-likeness (QED) is 0.277. The molecule has 4 rings (SSSR count). The normalized spacial score (nSPS) is 10.6. The summed E-state index contributed by atoms with van der Waals surface area (Å²) in [6.45, 7) is -0.137. The van der Waals surface area contributed by atoms with E-state index in [0.717, 1.165) is 21.0 Å². The number of ether oxygens (including phenoxy) is 1. The van der Waals surface area contributed by atoms with Gasteiger partial charge in [0.25, 0.3) is 5.91 Å². The first-order valence-corrected chi connectivity index (χ1v) is 11.3. The van der Waals surface area contributed by atoms with E-state index in [1.165, 1.54) is 35.2 Å². The molecule has 0 spiro atoms. The van der Waals surface area contributed by atoms with Gasteiger partial charge in [0.05, 0.1) is 0 Å². The average molecular weight is 452 g/mol. The molecule has 5 nitrogen and oxygen atoms in total. The van der Waals surface area contributed by atoms with Crippen molar-refractivity contribution < 1.29 is 13.9 Å². The summed E-state index contributed by atoms with van der Waals surface area (Å²) in [6.07, 6.45) is 0. The third-order valence-corrected chi connectivity index (χ3v) is 6.30. The maximum atomic E-state index is 13.0. The second kappa shape index (κ2) is 10.2. The molecule has 8 heteroatoms. The molecular formula is C23H18FN3O2S2. The molecule has 1 aromatic heterocycles. The molecule has 4 aromatic rings. The number of aromatic nitrogens is 2. The predicted molar refractivity (Wildman–Crippen MR) is 122 cm³/mol. The van der Waals surface area contributed by atoms with Gasteiger partial charge in [0.15, 0.2) is 10.9 Å². The average Bonchev–Trinajstić information content (AvgIpc) is 3.25. The largest absolute Gasteiger partial charge is 0.483 e. The van der Waals surface area contributed by atoms with Crippen LogP contribution in [0.5, 0.6) is 5.75 Å². The third-order valence-electron chi connectivity index (χ3n) is 4.26. The maximum Gasteiger partial charge on any atom is 0.264 e. The number of thioether (sulfide) groups is 1. The van der Waals surface area contributed by atoms with Gasteiger partial charge in [-0.1, -0.05) is 83.8 Å². The molecule has 1 N–H and O–H groups in total. The fraction of sp³-hybridized carbons (Fsp3) is 0.0870. The Labute approximate surface area is 187 Å². The summed E-state index contributed by atoms with van der Waals surface area (Å²) in [5.74, 6) is 0.705. The molecule has 1 amide bonds. The predicted octanol–water partition coefficient (Wildman–Crippen LogP) is 5.65. The van der Waals surface area contributed by atoms with Crippen molar-refractivity contribution >= 4 is 34.1 Å². The summed E-state index contributed by atoms with van der Waals surface area (Å²) in [5, 5.41) is 11.2. The first-order chi connectivity index (χ1) is 15.2. The molecule has 0 aliphatic heterocycles. The summed E-state index contributed by atoms with van der Waals surface area (Å²) in [6, 6.07) is 23.8. The van der Waals surface area contributed by atoms with Crippen molar-refractivity contribution in [2.24, 2.45) is 0 Å². The van der Waals surface area contributed by atoms with Gasteiger partial charge < -0.3 is 4.74 Å². The van der Waals surface area contributed by atoms with Gasteiger partial charge >= 0.3 is 0 Å². The van der Waals surface area contributed by atoms with Crippen LogP contribution in [0.2, 0.25) is 0 Å². The molecule has 0 atom stereocenters. The molecule has 1 heterocycles. The highest BCUT2D eigenvalue weighted by atomic mass is 32.2. The fourth-order valence-corrected chi connectivity index (χ4v) is 4.52. The van der Waals surface area contributed by atoms with E-state index in [9.17, 15) is 9.18 Å². The number of rotatable bonds is 8. The number of para-hydroxylation sites is 1. The SMILES string of the molecule is O=C(COc1ccccc1-c1ccccc1)Nc1nnc(SCc2ccc(F)cc2)s1. The van der Waals surface area contributed by atoms with Crippen LogP contribution < -0.4 is 10.1 Å². The van der Waals surface area contributed by atoms with Crippen molar-refractivity contribution in [2.75, 3.05) is 11.9 Å². The van der Waals surface area contributed by atoms with Crippen molar-refractivity contribution in [3.05, 3.63) is 90.2 Å². The van der Waals surface area contributed by atoms with Gasteiger partial charge in [-0.2, -0.15) is 0 Å². The number of carbonyl (C=O) groups excluding carboxylic acids is 1. The van der Waals surface area contributed by atoms with Crippen LogP contribution in [-0.2, 0) is 10.5 Å². The lowest BCUT2D eigenvalue weighted by molar-refractivity contribution is -0.118. The molecule has 0 radical (unpaired) electrons. The second-order valence-electron chi connectivity index (χ2n) is 6.49. The molecule has 0 saturated carbocycles. The van der Waals surface area contributed by atoms with Crippen LogP contribution in [0, 0.1) is 5.82 Å². The fourth-order valence-electron chi connectivity index (χ4n) is 2.79. The van der Waals surface area contributed by atoms with E-state index in [0.29, 0.717) is 16.6 Å². The Balaban J connectivity index is 1.31. The lowest BCUT2D eigenvalue weighted by atomic mass is 10.1. The van der Waals surface area contributed by atoms with Crippen LogP contribution >= 0.6 is 23.1 Å². The van der Waals surface area contributed by atoms with Crippen molar-refractivity contribution in [3.8, 4) is 16.9 Å². The molecule has 3 aromatic carbocycles. The van der Waals surface area contributed by atoms with E-state index >= 15 is 0 Å². The smallest absolute Gasteiger partial charge is 0.264 e. The van der Waals surface area contributed by atoms with Crippen molar-refractivity contribution in [2.45, 2.75) is 10.1 Å². The van der Waals surface area contributed by atoms with Gasteiger partial charge in [-0.3, -0.25) is 10.1 Å². The van der Waals surface area contributed by atoms with E-state index in [4.69, 9.17) is 4.74 Å². The number of nitrogens with zero attached hydrogens (tertiary/aromatic N) is 2. The standard InChI is InChI=1S/C23H18FN3O2S2/c24-18-12-10-16(11-13-18)15-30-23-27-26-22(31-23)25-21(28)14-29-20-9-5-4-8-19(20)17-6-2-1-3-7-17/h1-13H,14-15H2,(H,25,26,28). The van der Waals surface area contributed by atoms with E-state index in [2.05, 4.69) is 15.5 Å². The summed E-state index contributed by atoms with van der Waals surface area (Å²) < 4.78 is 19.5. The Morgan fingerprint density at radius 3 is 2.52 bits per heavy atom. The Morgan fingerprint density at radius 2 is 1.71 bits per heavy atom. The molecule has 31 heavy (non-hydrogen) atoms. The highest BCUT2D eigenvalue weighted by molar-refractivity contribution is 8.00. The van der Waals surface area contributed by atoms with Gasteiger partial charge in [-0.15, -0.1) is 10.2 Å². The summed E-state index contributed by atoms with van der Waals surface area (Å²) >= 11 is 2.76. The van der Waals surface area contributed by atoms with Gasteiger partial charge in [0, 0.05) is 11.3 Å². The van der Waals surface area contributed by atoms with Gasteiger partial charge in [0.2, 0.25) is 5.13 Å². The van der Waals surface area contributed by atoms with E-state index in [1.54, 1.807) is 12.1 Å². The lowest BCUT2D eigenvalue weighted by Crippen LogP contribution is -2.20. The molecule has 0 fully saturated rings. The van der Waals surface area contributed by atoms with Crippen LogP contribution in [0.25, 0.3) is 11.1 Å². The third kappa shape index (κ3) is 5.90. The van der Waals surface area contributed by atoms with Gasteiger partial charge in [-0.05, 0) is 29.3 Å². The minimum atomic E-state index is -0.311. The Morgan fingerprint density at radius 1 is 0.968 bits per heavy atom. The van der Waals surface area contributed by atoms with Crippen molar-refractivity contribution in [3.63, 3.8) is 0 Å².